The number of amides is 1. The number of halogens is 1. The van der Waals surface area contributed by atoms with Gasteiger partial charge in [-0.05, 0) is 84.2 Å². The molecule has 0 bridgehead atoms. The van der Waals surface area contributed by atoms with Crippen LogP contribution in [0.25, 0.3) is 22.3 Å². The van der Waals surface area contributed by atoms with Gasteiger partial charge in [0.15, 0.2) is 5.65 Å². The zero-order valence-electron chi connectivity index (χ0n) is 29.7. The second-order valence-electron chi connectivity index (χ2n) is 13.1. The van der Waals surface area contributed by atoms with Gasteiger partial charge in [0.2, 0.25) is 0 Å². The van der Waals surface area contributed by atoms with Crippen molar-refractivity contribution < 1.29 is 23.4 Å². The number of nitrogen functional groups attached to an aromatic ring is 1. The fourth-order valence-corrected chi connectivity index (χ4v) is 7.27. The summed E-state index contributed by atoms with van der Waals surface area (Å²) in [6.45, 7) is 11.3. The standard InChI is InChI=1S/C29H37N9O3.C6H6ClNO2/c1-17-24(18(2)41-35-17)29(39)33-22-10-5-19(15-23(22)40-4)26-25-27(30)31-16-32-28(25)38(34-26)21-8-6-20(7-9-21)37-13-11-36(3)12-14-37;1-3-5(6(7)9)4(2)10-8-3/h5,10,15-16,20-21H,6-9,11-14H2,1-4H3,(H,33,39)(H2,30,31,32);1-2H3. The predicted molar refractivity (Wildman–Crippen MR) is 192 cm³/mol. The maximum atomic E-state index is 13.0. The first-order valence-electron chi connectivity index (χ1n) is 16.9. The molecule has 1 saturated heterocycles. The first kappa shape index (κ1) is 35.9. The maximum absolute atomic E-state index is 13.0. The number of fused-ring (bicyclic) bond motifs is 1. The second-order valence-corrected chi connectivity index (χ2v) is 13.4. The van der Waals surface area contributed by atoms with Crippen molar-refractivity contribution in [3.8, 4) is 17.0 Å². The minimum Gasteiger partial charge on any atom is -0.495 e. The van der Waals surface area contributed by atoms with E-state index in [1.807, 2.05) is 16.8 Å². The van der Waals surface area contributed by atoms with Crippen molar-refractivity contribution in [1.29, 1.82) is 0 Å². The zero-order valence-corrected chi connectivity index (χ0v) is 30.5. The number of ether oxygens (including phenoxy) is 1. The van der Waals surface area contributed by atoms with Gasteiger partial charge in [0.1, 0.15) is 40.7 Å². The van der Waals surface area contributed by atoms with Gasteiger partial charge in [-0.25, -0.2) is 14.6 Å². The number of hydrogen-bond acceptors (Lipinski definition) is 13. The summed E-state index contributed by atoms with van der Waals surface area (Å²) >= 11 is 5.22. The first-order chi connectivity index (χ1) is 24.5. The molecule has 0 atom stereocenters. The smallest absolute Gasteiger partial charge is 0.261 e. The normalized spacial score (nSPS) is 18.3. The molecule has 0 spiro atoms. The summed E-state index contributed by atoms with van der Waals surface area (Å²) in [6.07, 6.45) is 5.85. The number of piperazine rings is 1. The minimum atomic E-state index is -0.517. The lowest BCUT2D eigenvalue weighted by Crippen LogP contribution is -2.49. The van der Waals surface area contributed by atoms with Crippen LogP contribution in [0.1, 0.15) is 75.3 Å². The SMILES string of the molecule is COc1cc(-c2nn(C3CCC(N4CCN(C)CC4)CC3)c3ncnc(N)c23)ccc1NC(=O)c1c(C)noc1C.Cc1noc(C)c1C(=O)Cl. The Labute approximate surface area is 300 Å². The monoisotopic (exact) mass is 718 g/mol. The third kappa shape index (κ3) is 7.46. The Kier molecular flexibility index (Phi) is 10.7. The van der Waals surface area contributed by atoms with E-state index in [-0.39, 0.29) is 11.9 Å². The lowest BCUT2D eigenvalue weighted by Gasteiger charge is -2.41. The number of carbonyl (C=O) groups is 2. The van der Waals surface area contributed by atoms with E-state index < -0.39 is 5.24 Å². The summed E-state index contributed by atoms with van der Waals surface area (Å²) in [4.78, 5) is 37.5. The van der Waals surface area contributed by atoms with Crippen LogP contribution >= 0.6 is 11.6 Å². The van der Waals surface area contributed by atoms with Crippen LogP contribution in [0.2, 0.25) is 0 Å². The molecule has 51 heavy (non-hydrogen) atoms. The third-order valence-electron chi connectivity index (χ3n) is 9.80. The number of carbonyl (C=O) groups excluding carboxylic acids is 2. The molecule has 1 aliphatic carbocycles. The molecular formula is C35H43ClN10O5. The number of aromatic nitrogens is 6. The number of rotatable bonds is 7. The van der Waals surface area contributed by atoms with Crippen LogP contribution in [0.4, 0.5) is 11.5 Å². The molecule has 1 aromatic carbocycles. The molecule has 15 nitrogen and oxygen atoms in total. The quantitative estimate of drug-likeness (QED) is 0.206. The van der Waals surface area contributed by atoms with Gasteiger partial charge in [0.25, 0.3) is 11.1 Å². The van der Waals surface area contributed by atoms with Gasteiger partial charge in [-0.15, -0.1) is 0 Å². The highest BCUT2D eigenvalue weighted by atomic mass is 35.5. The number of benzene rings is 1. The fraction of sp³-hybridized carbons (Fsp3) is 0.457. The van der Waals surface area contributed by atoms with Crippen molar-refractivity contribution in [2.24, 2.45) is 0 Å². The van der Waals surface area contributed by atoms with Crippen molar-refractivity contribution in [3.63, 3.8) is 0 Å². The largest absolute Gasteiger partial charge is 0.495 e. The number of nitrogens with zero attached hydrogens (tertiary/aromatic N) is 8. The van der Waals surface area contributed by atoms with Crippen LogP contribution in [-0.2, 0) is 0 Å². The Hall–Kier alpha value is -4.86. The van der Waals surface area contributed by atoms with Crippen LogP contribution in [0.3, 0.4) is 0 Å². The minimum absolute atomic E-state index is 0.236. The molecule has 5 heterocycles. The van der Waals surface area contributed by atoms with Gasteiger partial charge in [-0.3, -0.25) is 14.5 Å². The van der Waals surface area contributed by atoms with Crippen molar-refractivity contribution in [2.75, 3.05) is 51.4 Å². The van der Waals surface area contributed by atoms with Crippen molar-refractivity contribution in [2.45, 2.75) is 65.5 Å². The average Bonchev–Trinajstić information content (AvgIpc) is 3.79. The van der Waals surface area contributed by atoms with E-state index in [1.54, 1.807) is 40.9 Å². The van der Waals surface area contributed by atoms with E-state index in [1.165, 1.54) is 6.33 Å². The highest BCUT2D eigenvalue weighted by molar-refractivity contribution is 6.68. The maximum Gasteiger partial charge on any atom is 0.261 e. The molecule has 3 N–H and O–H groups in total. The van der Waals surface area contributed by atoms with E-state index in [0.717, 1.165) is 68.5 Å². The van der Waals surface area contributed by atoms with E-state index in [9.17, 15) is 9.59 Å². The summed E-state index contributed by atoms with van der Waals surface area (Å²) in [6, 6.07) is 6.41. The number of likely N-dealkylation sites (N-methyl/N-ethyl adjacent to an activating group) is 1. The average molecular weight is 719 g/mol. The number of anilines is 2. The molecule has 0 radical (unpaired) electrons. The molecule has 16 heteroatoms. The summed E-state index contributed by atoms with van der Waals surface area (Å²) in [5.74, 6) is 1.50. The highest BCUT2D eigenvalue weighted by Gasteiger charge is 2.31. The van der Waals surface area contributed by atoms with Gasteiger partial charge < -0.3 is 29.7 Å². The zero-order chi connectivity index (χ0) is 36.4. The number of hydrogen-bond donors (Lipinski definition) is 2. The molecule has 2 aliphatic rings. The number of nitrogens with one attached hydrogen (secondary N) is 1. The number of nitrogens with two attached hydrogens (primary N) is 1. The first-order valence-corrected chi connectivity index (χ1v) is 17.3. The van der Waals surface area contributed by atoms with Gasteiger partial charge >= 0.3 is 0 Å². The van der Waals surface area contributed by atoms with Crippen LogP contribution in [-0.4, -0.2) is 97.4 Å². The van der Waals surface area contributed by atoms with Crippen LogP contribution < -0.4 is 15.8 Å². The van der Waals surface area contributed by atoms with Gasteiger partial charge in [0.05, 0.1) is 41.2 Å². The topological polar surface area (TPSA) is 184 Å². The van der Waals surface area contributed by atoms with Gasteiger partial charge in [-0.1, -0.05) is 16.4 Å². The van der Waals surface area contributed by atoms with E-state index in [0.29, 0.717) is 63.0 Å². The Morgan fingerprint density at radius 3 is 2.12 bits per heavy atom. The van der Waals surface area contributed by atoms with Crippen molar-refractivity contribution in [1.82, 2.24) is 39.9 Å². The third-order valence-corrected chi connectivity index (χ3v) is 9.99. The van der Waals surface area contributed by atoms with Gasteiger partial charge in [0, 0.05) is 37.8 Å². The molecule has 0 unspecified atom stereocenters. The predicted octanol–water partition coefficient (Wildman–Crippen LogP) is 5.34. The molecule has 1 amide bonds. The van der Waals surface area contributed by atoms with Crippen molar-refractivity contribution >= 4 is 45.3 Å². The Balaban J connectivity index is 0.000000388. The number of methoxy groups -OCH3 is 1. The lowest BCUT2D eigenvalue weighted by molar-refractivity contribution is 0.0815. The molecule has 4 aromatic heterocycles. The van der Waals surface area contributed by atoms with Crippen LogP contribution in [0, 0.1) is 27.7 Å². The molecule has 1 aliphatic heterocycles. The second kappa shape index (κ2) is 15.2. The fourth-order valence-electron chi connectivity index (χ4n) is 7.00. The molecule has 1 saturated carbocycles. The molecule has 2 fully saturated rings. The van der Waals surface area contributed by atoms with Gasteiger partial charge in [-0.2, -0.15) is 5.10 Å². The summed E-state index contributed by atoms with van der Waals surface area (Å²) < 4.78 is 17.6. The van der Waals surface area contributed by atoms with Crippen LogP contribution in [0.15, 0.2) is 33.6 Å². The summed E-state index contributed by atoms with van der Waals surface area (Å²) in [7, 11) is 3.76. The van der Waals surface area contributed by atoms with Crippen molar-refractivity contribution in [3.05, 3.63) is 58.6 Å². The van der Waals surface area contributed by atoms with Crippen LogP contribution in [0.5, 0.6) is 5.75 Å². The molecular weight excluding hydrogens is 676 g/mol. The molecule has 5 aromatic rings. The Morgan fingerprint density at radius 1 is 0.922 bits per heavy atom. The van der Waals surface area contributed by atoms with E-state index in [2.05, 4.69) is 42.4 Å². The van der Waals surface area contributed by atoms with E-state index >= 15 is 0 Å². The lowest BCUT2D eigenvalue weighted by atomic mass is 9.90. The Bertz CT molecular complexity index is 2000. The molecule has 7 rings (SSSR count). The summed E-state index contributed by atoms with van der Waals surface area (Å²) in [5.41, 5.74) is 11.0. The number of aryl methyl sites for hydroxylation is 4. The Morgan fingerprint density at radius 2 is 1.55 bits per heavy atom. The molecule has 270 valence electrons. The summed E-state index contributed by atoms with van der Waals surface area (Å²) in [5, 5.41) is 15.6. The highest BCUT2D eigenvalue weighted by Crippen LogP contribution is 2.39. The van der Waals surface area contributed by atoms with E-state index in [4.69, 9.17) is 36.2 Å².